The monoisotopic (exact) mass is 863 g/mol. The molecule has 6 heteroatoms. The number of ether oxygens (including phenoxy) is 6. The molecule has 0 aliphatic carbocycles. The third-order valence-corrected chi connectivity index (χ3v) is 12.8. The third kappa shape index (κ3) is 12.1. The molecule has 0 heterocycles. The van der Waals surface area contributed by atoms with Gasteiger partial charge in [0.05, 0.1) is 39.6 Å². The van der Waals surface area contributed by atoms with E-state index in [0.717, 1.165) is 33.8 Å². The molecule has 0 N–H and O–H groups in total. The van der Waals surface area contributed by atoms with Gasteiger partial charge in [-0.05, 0) is 40.3 Å². The molecule has 0 spiro atoms. The lowest BCUT2D eigenvalue weighted by Gasteiger charge is -2.34. The molecule has 0 aromatic heterocycles. The zero-order valence-electron chi connectivity index (χ0n) is 39.6. The minimum Gasteiger partial charge on any atom is -0.491 e. The largest absolute Gasteiger partial charge is 0.491 e. The fourth-order valence-electron chi connectivity index (χ4n) is 8.59. The minimum atomic E-state index is -0.457. The molecule has 0 radical (unpaired) electrons. The van der Waals surface area contributed by atoms with Gasteiger partial charge in [-0.1, -0.05) is 187 Å². The van der Waals surface area contributed by atoms with Crippen LogP contribution in [0.1, 0.15) is 128 Å². The van der Waals surface area contributed by atoms with Crippen LogP contribution < -0.4 is 9.47 Å². The lowest BCUT2D eigenvalue weighted by molar-refractivity contribution is 0.0280. The van der Waals surface area contributed by atoms with E-state index < -0.39 is 5.41 Å². The van der Waals surface area contributed by atoms with E-state index in [4.69, 9.17) is 28.4 Å². The number of rotatable bonds is 24. The van der Waals surface area contributed by atoms with Crippen molar-refractivity contribution < 1.29 is 28.4 Å². The van der Waals surface area contributed by atoms with Gasteiger partial charge in [-0.3, -0.25) is 0 Å². The summed E-state index contributed by atoms with van der Waals surface area (Å²) in [5, 5.41) is 0. The SMILES string of the molecule is COCCOCCOc1c(C(C)c2ccccc2)cc(C(C)(C)c2cc(C(C)c3ccccc3)c(OC(C)COCCOC)c(C(C)c3ccccc3)c2)cc1C(C)c1ccccc1. The number of hydrogen-bond acceptors (Lipinski definition) is 6. The number of benzene rings is 6. The van der Waals surface area contributed by atoms with Gasteiger partial charge in [0.2, 0.25) is 0 Å². The average Bonchev–Trinajstić information content (AvgIpc) is 3.34. The van der Waals surface area contributed by atoms with E-state index in [-0.39, 0.29) is 29.8 Å². The van der Waals surface area contributed by atoms with Crippen LogP contribution in [0.2, 0.25) is 0 Å². The molecular weight excluding hydrogens is 793 g/mol. The molecule has 0 amide bonds. The highest BCUT2D eigenvalue weighted by Gasteiger charge is 2.33. The molecule has 5 unspecified atom stereocenters. The second-order valence-electron chi connectivity index (χ2n) is 17.6. The highest BCUT2D eigenvalue weighted by atomic mass is 16.6. The van der Waals surface area contributed by atoms with Crippen molar-refractivity contribution in [2.45, 2.75) is 83.7 Å². The van der Waals surface area contributed by atoms with E-state index in [1.807, 2.05) is 0 Å². The van der Waals surface area contributed by atoms with Crippen molar-refractivity contribution in [2.24, 2.45) is 0 Å². The van der Waals surface area contributed by atoms with Crippen LogP contribution in [0.4, 0.5) is 0 Å². The summed E-state index contributed by atoms with van der Waals surface area (Å²) in [6, 6.07) is 52.7. The van der Waals surface area contributed by atoms with Crippen molar-refractivity contribution in [2.75, 3.05) is 60.5 Å². The van der Waals surface area contributed by atoms with Gasteiger partial charge in [0.25, 0.3) is 0 Å². The Labute approximate surface area is 383 Å². The summed E-state index contributed by atoms with van der Waals surface area (Å²) in [5.41, 5.74) is 11.5. The zero-order valence-corrected chi connectivity index (χ0v) is 39.6. The van der Waals surface area contributed by atoms with Gasteiger partial charge in [0.1, 0.15) is 24.2 Å². The summed E-state index contributed by atoms with van der Waals surface area (Å²) in [6.07, 6.45) is -0.193. The second-order valence-corrected chi connectivity index (χ2v) is 17.6. The molecule has 6 rings (SSSR count). The van der Waals surface area contributed by atoms with E-state index in [1.165, 1.54) is 33.4 Å². The zero-order chi connectivity index (χ0) is 45.5. The van der Waals surface area contributed by atoms with E-state index in [9.17, 15) is 0 Å². The maximum absolute atomic E-state index is 7.10. The molecule has 0 fully saturated rings. The van der Waals surface area contributed by atoms with Crippen LogP contribution in [-0.4, -0.2) is 66.6 Å². The highest BCUT2D eigenvalue weighted by molar-refractivity contribution is 5.59. The van der Waals surface area contributed by atoms with Gasteiger partial charge in [-0.15, -0.1) is 0 Å². The first-order valence-corrected chi connectivity index (χ1v) is 23.0. The number of methoxy groups -OCH3 is 2. The molecule has 338 valence electrons. The minimum absolute atomic E-state index is 0.0412. The van der Waals surface area contributed by atoms with Crippen molar-refractivity contribution in [3.8, 4) is 11.5 Å². The van der Waals surface area contributed by atoms with Gasteiger partial charge < -0.3 is 28.4 Å². The Bertz CT molecular complexity index is 2160. The molecule has 6 aromatic carbocycles. The molecule has 6 nitrogen and oxygen atoms in total. The van der Waals surface area contributed by atoms with Gasteiger partial charge in [0, 0.05) is 65.6 Å². The van der Waals surface area contributed by atoms with Crippen molar-refractivity contribution >= 4 is 0 Å². The first-order chi connectivity index (χ1) is 31.0. The van der Waals surface area contributed by atoms with Crippen LogP contribution in [0.5, 0.6) is 11.5 Å². The Morgan fingerprint density at radius 1 is 0.406 bits per heavy atom. The smallest absolute Gasteiger partial charge is 0.127 e. The molecule has 5 atom stereocenters. The average molecular weight is 863 g/mol. The summed E-state index contributed by atoms with van der Waals surface area (Å²) in [7, 11) is 3.39. The summed E-state index contributed by atoms with van der Waals surface area (Å²) >= 11 is 0. The van der Waals surface area contributed by atoms with Crippen molar-refractivity contribution in [3.05, 3.63) is 201 Å². The topological polar surface area (TPSA) is 55.4 Å². The Morgan fingerprint density at radius 2 is 0.734 bits per heavy atom. The van der Waals surface area contributed by atoms with E-state index in [2.05, 4.69) is 194 Å². The molecule has 0 aliphatic rings. The summed E-state index contributed by atoms with van der Waals surface area (Å²) in [5.74, 6) is 2.02. The molecule has 0 saturated heterocycles. The maximum atomic E-state index is 7.10. The van der Waals surface area contributed by atoms with Gasteiger partial charge in [-0.2, -0.15) is 0 Å². The normalized spacial score (nSPS) is 14.1. The predicted octanol–water partition coefficient (Wildman–Crippen LogP) is 13.1. The Balaban J connectivity index is 1.58. The van der Waals surface area contributed by atoms with Crippen LogP contribution in [0.15, 0.2) is 146 Å². The molecule has 6 aromatic rings. The lowest BCUT2D eigenvalue weighted by Crippen LogP contribution is -2.25. The van der Waals surface area contributed by atoms with Crippen LogP contribution >= 0.6 is 0 Å². The number of hydrogen-bond donors (Lipinski definition) is 0. The van der Waals surface area contributed by atoms with Gasteiger partial charge in [0.15, 0.2) is 0 Å². The fraction of sp³-hybridized carbons (Fsp3) is 0.379. The van der Waals surface area contributed by atoms with Crippen molar-refractivity contribution in [1.29, 1.82) is 0 Å². The summed E-state index contributed by atoms with van der Waals surface area (Å²) in [6.45, 7) is 19.5. The summed E-state index contributed by atoms with van der Waals surface area (Å²) in [4.78, 5) is 0. The van der Waals surface area contributed by atoms with E-state index in [0.29, 0.717) is 46.2 Å². The van der Waals surface area contributed by atoms with Crippen LogP contribution in [-0.2, 0) is 24.4 Å². The fourth-order valence-corrected chi connectivity index (χ4v) is 8.59. The second kappa shape index (κ2) is 23.6. The van der Waals surface area contributed by atoms with Crippen LogP contribution in [0.3, 0.4) is 0 Å². The Kier molecular flexibility index (Phi) is 17.8. The van der Waals surface area contributed by atoms with Crippen molar-refractivity contribution in [3.63, 3.8) is 0 Å². The van der Waals surface area contributed by atoms with E-state index in [1.54, 1.807) is 14.2 Å². The standard InChI is InChI=1S/C58H70O6/c1-41(40-62-33-31-60-9)64-57-54(44(4)48-26-18-12-19-27-48)38-51(39-55(57)45(5)49-28-20-13-21-29-49)58(6,7)50-36-52(42(2)46-22-14-10-15-23-46)56(63-35-34-61-32-30-59-8)53(37-50)43(3)47-24-16-11-17-25-47/h10-29,36-39,41-45H,30-35,40H2,1-9H3. The molecule has 0 saturated carbocycles. The van der Waals surface area contributed by atoms with E-state index >= 15 is 0 Å². The van der Waals surface area contributed by atoms with Crippen LogP contribution in [0.25, 0.3) is 0 Å². The molecule has 0 bridgehead atoms. The predicted molar refractivity (Wildman–Crippen MR) is 262 cm³/mol. The lowest BCUT2D eigenvalue weighted by atomic mass is 9.72. The molecule has 64 heavy (non-hydrogen) atoms. The van der Waals surface area contributed by atoms with Crippen LogP contribution in [0, 0.1) is 0 Å². The highest BCUT2D eigenvalue weighted by Crippen LogP contribution is 2.48. The quantitative estimate of drug-likeness (QED) is 0.0565. The molecule has 0 aliphatic heterocycles. The Hall–Kier alpha value is -5.24. The molecular formula is C58H70O6. The maximum Gasteiger partial charge on any atom is 0.127 e. The van der Waals surface area contributed by atoms with Gasteiger partial charge >= 0.3 is 0 Å². The van der Waals surface area contributed by atoms with Gasteiger partial charge in [-0.25, -0.2) is 0 Å². The third-order valence-electron chi connectivity index (χ3n) is 12.8. The first-order valence-electron chi connectivity index (χ1n) is 23.0. The summed E-state index contributed by atoms with van der Waals surface area (Å²) < 4.78 is 36.4. The van der Waals surface area contributed by atoms with Crippen molar-refractivity contribution in [1.82, 2.24) is 0 Å². The Morgan fingerprint density at radius 3 is 1.09 bits per heavy atom. The first kappa shape index (κ1) is 48.2.